The van der Waals surface area contributed by atoms with Gasteiger partial charge in [0.1, 0.15) is 11.5 Å². The van der Waals surface area contributed by atoms with Gasteiger partial charge in [-0.3, -0.25) is 4.79 Å². The molecule has 1 amide bonds. The van der Waals surface area contributed by atoms with Gasteiger partial charge < -0.3 is 5.32 Å². The van der Waals surface area contributed by atoms with Crippen LogP contribution in [0, 0.1) is 18.7 Å². The fourth-order valence-electron chi connectivity index (χ4n) is 2.63. The Hall–Kier alpha value is -2.95. The maximum Gasteiger partial charge on any atom is 0.270 e. The van der Waals surface area contributed by atoms with Crippen molar-refractivity contribution in [1.29, 1.82) is 0 Å². The number of aromatic nitrogens is 2. The van der Waals surface area contributed by atoms with Gasteiger partial charge >= 0.3 is 0 Å². The second kappa shape index (κ2) is 7.74. The Bertz CT molecular complexity index is 927. The van der Waals surface area contributed by atoms with Crippen LogP contribution < -0.4 is 5.32 Å². The highest BCUT2D eigenvalue weighted by molar-refractivity contribution is 5.94. The molecule has 1 aromatic heterocycles. The van der Waals surface area contributed by atoms with E-state index in [9.17, 15) is 9.18 Å². The number of benzene rings is 2. The number of amides is 1. The number of hydrogen-bond acceptors (Lipinski definition) is 2. The molecule has 4 nitrogen and oxygen atoms in total. The van der Waals surface area contributed by atoms with Crippen molar-refractivity contribution >= 4 is 5.91 Å². The minimum absolute atomic E-state index is 0.0353. The maximum absolute atomic E-state index is 13.2. The highest BCUT2D eigenvalue weighted by Crippen LogP contribution is 2.22. The van der Waals surface area contributed by atoms with Gasteiger partial charge in [-0.2, -0.15) is 5.10 Å². The average Bonchev–Trinajstić information content (AvgIpc) is 3.08. The van der Waals surface area contributed by atoms with E-state index < -0.39 is 0 Å². The number of rotatable bonds is 5. The zero-order valence-electron chi connectivity index (χ0n) is 16.0. The van der Waals surface area contributed by atoms with Gasteiger partial charge in [-0.25, -0.2) is 9.07 Å². The standard InChI is InChI=1S/C22H24FN3O/c1-14(2)16(4)24-22(27)21-13-20(17-7-9-18(23)10-8-17)25-26(21)19-11-5-15(3)6-12-19/h5-14,16H,1-4H3,(H,24,27). The van der Waals surface area contributed by atoms with Crippen molar-refractivity contribution in [2.24, 2.45) is 5.92 Å². The average molecular weight is 365 g/mol. The van der Waals surface area contributed by atoms with Gasteiger partial charge in [-0.1, -0.05) is 31.5 Å². The Balaban J connectivity index is 2.04. The SMILES string of the molecule is Cc1ccc(-n2nc(-c3ccc(F)cc3)cc2C(=O)NC(C)C(C)C)cc1. The molecule has 0 fully saturated rings. The minimum atomic E-state index is -0.305. The Morgan fingerprint density at radius 2 is 1.67 bits per heavy atom. The first-order valence-corrected chi connectivity index (χ1v) is 9.09. The van der Waals surface area contributed by atoms with E-state index in [1.807, 2.05) is 38.1 Å². The van der Waals surface area contributed by atoms with E-state index in [4.69, 9.17) is 0 Å². The van der Waals surface area contributed by atoms with Crippen molar-refractivity contribution in [3.63, 3.8) is 0 Å². The van der Waals surface area contributed by atoms with Crippen LogP contribution in [0.15, 0.2) is 54.6 Å². The van der Waals surface area contributed by atoms with Crippen LogP contribution in [0.1, 0.15) is 36.8 Å². The lowest BCUT2D eigenvalue weighted by molar-refractivity contribution is 0.0922. The first-order chi connectivity index (χ1) is 12.8. The molecule has 0 spiro atoms. The molecule has 1 unspecified atom stereocenters. The van der Waals surface area contributed by atoms with Gasteiger partial charge in [0.05, 0.1) is 11.4 Å². The van der Waals surface area contributed by atoms with Crippen LogP contribution in [-0.2, 0) is 0 Å². The monoisotopic (exact) mass is 365 g/mol. The summed E-state index contributed by atoms with van der Waals surface area (Å²) in [4.78, 5) is 12.9. The van der Waals surface area contributed by atoms with Crippen LogP contribution in [0.4, 0.5) is 4.39 Å². The van der Waals surface area contributed by atoms with Crippen molar-refractivity contribution < 1.29 is 9.18 Å². The van der Waals surface area contributed by atoms with Gasteiger partial charge in [-0.15, -0.1) is 0 Å². The number of hydrogen-bond donors (Lipinski definition) is 1. The van der Waals surface area contributed by atoms with Gasteiger partial charge in [-0.05, 0) is 62.2 Å². The van der Waals surface area contributed by atoms with Crippen LogP contribution in [0.5, 0.6) is 0 Å². The molecule has 3 aromatic rings. The minimum Gasteiger partial charge on any atom is -0.348 e. The van der Waals surface area contributed by atoms with Crippen molar-refractivity contribution in [3.8, 4) is 16.9 Å². The summed E-state index contributed by atoms with van der Waals surface area (Å²) < 4.78 is 14.9. The zero-order valence-corrected chi connectivity index (χ0v) is 16.0. The highest BCUT2D eigenvalue weighted by atomic mass is 19.1. The molecule has 0 radical (unpaired) electrons. The summed E-state index contributed by atoms with van der Waals surface area (Å²) in [6, 6.07) is 15.7. The summed E-state index contributed by atoms with van der Waals surface area (Å²) in [6.07, 6.45) is 0. The predicted octanol–water partition coefficient (Wildman–Crippen LogP) is 4.76. The van der Waals surface area contributed by atoms with E-state index in [1.54, 1.807) is 22.9 Å². The first-order valence-electron chi connectivity index (χ1n) is 9.09. The molecule has 0 saturated carbocycles. The molecule has 5 heteroatoms. The van der Waals surface area contributed by atoms with E-state index in [1.165, 1.54) is 12.1 Å². The second-order valence-corrected chi connectivity index (χ2v) is 7.18. The Morgan fingerprint density at radius 3 is 2.26 bits per heavy atom. The topological polar surface area (TPSA) is 46.9 Å². The number of carbonyl (C=O) groups is 1. The molecule has 0 bridgehead atoms. The third kappa shape index (κ3) is 4.25. The zero-order chi connectivity index (χ0) is 19.6. The summed E-state index contributed by atoms with van der Waals surface area (Å²) in [5, 5.41) is 7.65. The van der Waals surface area contributed by atoms with Crippen molar-refractivity contribution in [3.05, 3.63) is 71.7 Å². The number of nitrogens with zero attached hydrogens (tertiary/aromatic N) is 2. The molecule has 1 N–H and O–H groups in total. The molecule has 0 saturated heterocycles. The number of halogens is 1. The van der Waals surface area contributed by atoms with Crippen LogP contribution in [0.25, 0.3) is 16.9 Å². The molecule has 1 heterocycles. The third-order valence-electron chi connectivity index (χ3n) is 4.72. The highest BCUT2D eigenvalue weighted by Gasteiger charge is 2.20. The van der Waals surface area contributed by atoms with E-state index >= 15 is 0 Å². The van der Waals surface area contributed by atoms with Gasteiger partial charge in [0, 0.05) is 11.6 Å². The third-order valence-corrected chi connectivity index (χ3v) is 4.72. The summed E-state index contributed by atoms with van der Waals surface area (Å²) in [7, 11) is 0. The fraction of sp³-hybridized carbons (Fsp3) is 0.273. The maximum atomic E-state index is 13.2. The lowest BCUT2D eigenvalue weighted by atomic mass is 10.1. The molecule has 0 aliphatic heterocycles. The molecule has 140 valence electrons. The molecular weight excluding hydrogens is 341 g/mol. The molecule has 0 aliphatic rings. The summed E-state index contributed by atoms with van der Waals surface area (Å²) in [5.74, 6) is -0.167. The molecule has 27 heavy (non-hydrogen) atoms. The number of carbonyl (C=O) groups excluding carboxylic acids is 1. The normalized spacial score (nSPS) is 12.2. The smallest absolute Gasteiger partial charge is 0.270 e. The second-order valence-electron chi connectivity index (χ2n) is 7.18. The molecular formula is C22H24FN3O. The van der Waals surface area contributed by atoms with Crippen molar-refractivity contribution in [1.82, 2.24) is 15.1 Å². The van der Waals surface area contributed by atoms with Crippen molar-refractivity contribution in [2.75, 3.05) is 0 Å². The lowest BCUT2D eigenvalue weighted by Crippen LogP contribution is -2.37. The molecule has 2 aromatic carbocycles. The Labute approximate surface area is 159 Å². The molecule has 0 aliphatic carbocycles. The summed E-state index contributed by atoms with van der Waals surface area (Å²) in [6.45, 7) is 8.11. The molecule has 1 atom stereocenters. The van der Waals surface area contributed by atoms with E-state index in [0.29, 0.717) is 17.3 Å². The van der Waals surface area contributed by atoms with Gasteiger partial charge in [0.2, 0.25) is 0 Å². The van der Waals surface area contributed by atoms with Crippen LogP contribution in [-0.4, -0.2) is 21.7 Å². The first kappa shape index (κ1) is 18.8. The summed E-state index contributed by atoms with van der Waals surface area (Å²) in [5.41, 5.74) is 3.76. The molecule has 3 rings (SSSR count). The quantitative estimate of drug-likeness (QED) is 0.708. The van der Waals surface area contributed by atoms with Gasteiger partial charge in [0.15, 0.2) is 0 Å². The Kier molecular flexibility index (Phi) is 5.40. The van der Waals surface area contributed by atoms with Gasteiger partial charge in [0.25, 0.3) is 5.91 Å². The number of aryl methyl sites for hydroxylation is 1. The van der Waals surface area contributed by atoms with Crippen LogP contribution >= 0.6 is 0 Å². The van der Waals surface area contributed by atoms with Crippen LogP contribution in [0.3, 0.4) is 0 Å². The summed E-state index contributed by atoms with van der Waals surface area (Å²) >= 11 is 0. The van der Waals surface area contributed by atoms with Crippen molar-refractivity contribution in [2.45, 2.75) is 33.7 Å². The largest absolute Gasteiger partial charge is 0.348 e. The van der Waals surface area contributed by atoms with E-state index in [0.717, 1.165) is 16.8 Å². The number of nitrogens with one attached hydrogen (secondary N) is 1. The van der Waals surface area contributed by atoms with Crippen LogP contribution in [0.2, 0.25) is 0 Å². The van der Waals surface area contributed by atoms with E-state index in [2.05, 4.69) is 24.3 Å². The lowest BCUT2D eigenvalue weighted by Gasteiger charge is -2.17. The van der Waals surface area contributed by atoms with E-state index in [-0.39, 0.29) is 17.8 Å². The predicted molar refractivity (Wildman–Crippen MR) is 105 cm³/mol. The fourth-order valence-corrected chi connectivity index (χ4v) is 2.63. The Morgan fingerprint density at radius 1 is 1.04 bits per heavy atom.